The van der Waals surface area contributed by atoms with Crippen molar-refractivity contribution < 1.29 is 28.6 Å². The topological polar surface area (TPSA) is 175 Å². The molecule has 204 valence electrons. The van der Waals surface area contributed by atoms with Crippen LogP contribution in [0, 0.1) is 0 Å². The van der Waals surface area contributed by atoms with Crippen molar-refractivity contribution in [2.45, 2.75) is 65.1 Å². The number of unbranched alkanes of at least 4 members (excludes halogenated alkanes) is 2. The summed E-state index contributed by atoms with van der Waals surface area (Å²) in [5.41, 5.74) is 3.40. The van der Waals surface area contributed by atoms with Gasteiger partial charge in [0.1, 0.15) is 18.7 Å². The van der Waals surface area contributed by atoms with Crippen LogP contribution in [0.1, 0.15) is 47.0 Å². The van der Waals surface area contributed by atoms with Crippen LogP contribution >= 0.6 is 0 Å². The molecule has 4 N–H and O–H groups in total. The normalized spacial score (nSPS) is 12.0. The molecular formula is C23H39N5O8. The van der Waals surface area contributed by atoms with E-state index in [-0.39, 0.29) is 19.8 Å². The number of H-pyrrole nitrogens is 1. The number of aromatic amines is 1. The zero-order valence-corrected chi connectivity index (χ0v) is 21.5. The van der Waals surface area contributed by atoms with E-state index < -0.39 is 54.0 Å². The maximum atomic E-state index is 13.2. The Hall–Kier alpha value is -3.19. The number of amides is 2. The van der Waals surface area contributed by atoms with Gasteiger partial charge in [-0.2, -0.15) is 0 Å². The lowest BCUT2D eigenvalue weighted by atomic mass is 10.2. The summed E-state index contributed by atoms with van der Waals surface area (Å²) in [5, 5.41) is 2.60. The number of nitrogens with zero attached hydrogens (tertiary/aromatic N) is 2. The second kappa shape index (κ2) is 15.7. The van der Waals surface area contributed by atoms with Crippen LogP contribution in [0.3, 0.4) is 0 Å². The molecule has 1 aromatic heterocycles. The molecule has 0 aliphatic heterocycles. The van der Waals surface area contributed by atoms with Gasteiger partial charge >= 0.3 is 17.8 Å². The third kappa shape index (κ3) is 12.5. The van der Waals surface area contributed by atoms with Gasteiger partial charge in [-0.25, -0.2) is 9.59 Å². The summed E-state index contributed by atoms with van der Waals surface area (Å²) in [7, 11) is 0. The van der Waals surface area contributed by atoms with Crippen molar-refractivity contribution >= 4 is 18.0 Å². The molecule has 13 nitrogen and oxygen atoms in total. The number of nitrogens with two attached hydrogens (primary N) is 1. The van der Waals surface area contributed by atoms with Crippen molar-refractivity contribution in [3.8, 4) is 0 Å². The molecule has 1 unspecified atom stereocenters. The molecule has 0 spiro atoms. The summed E-state index contributed by atoms with van der Waals surface area (Å²) >= 11 is 0. The average Bonchev–Trinajstić information content (AvgIpc) is 2.77. The van der Waals surface area contributed by atoms with Crippen LogP contribution < -0.4 is 22.3 Å². The Morgan fingerprint density at radius 2 is 1.92 bits per heavy atom. The van der Waals surface area contributed by atoms with Crippen molar-refractivity contribution in [2.75, 3.05) is 39.5 Å². The average molecular weight is 514 g/mol. The van der Waals surface area contributed by atoms with E-state index in [1.165, 1.54) is 11.1 Å². The molecule has 36 heavy (non-hydrogen) atoms. The first-order chi connectivity index (χ1) is 17.0. The van der Waals surface area contributed by atoms with Gasteiger partial charge in [0.2, 0.25) is 5.91 Å². The van der Waals surface area contributed by atoms with E-state index in [9.17, 15) is 24.0 Å². The van der Waals surface area contributed by atoms with Crippen molar-refractivity contribution in [3.05, 3.63) is 33.1 Å². The lowest BCUT2D eigenvalue weighted by molar-refractivity contribution is -0.151. The van der Waals surface area contributed by atoms with Gasteiger partial charge in [-0.3, -0.25) is 23.9 Å². The summed E-state index contributed by atoms with van der Waals surface area (Å²) < 4.78 is 17.0. The molecule has 0 saturated heterocycles. The predicted octanol–water partition coefficient (Wildman–Crippen LogP) is -0.0328. The number of rotatable bonds is 15. The van der Waals surface area contributed by atoms with Crippen LogP contribution in [0.4, 0.5) is 4.79 Å². The number of esters is 1. The summed E-state index contributed by atoms with van der Waals surface area (Å²) in [4.78, 5) is 64.5. The molecule has 0 aliphatic rings. The smallest absolute Gasteiger partial charge is 0.407 e. The number of alkyl carbamates (subject to hydrolysis) is 1. The Morgan fingerprint density at radius 1 is 1.19 bits per heavy atom. The van der Waals surface area contributed by atoms with Crippen LogP contribution in [0.5, 0.6) is 0 Å². The molecule has 1 aromatic rings. The lowest BCUT2D eigenvalue weighted by Crippen LogP contribution is -2.53. The largest absolute Gasteiger partial charge is 0.465 e. The highest BCUT2D eigenvalue weighted by Gasteiger charge is 2.28. The van der Waals surface area contributed by atoms with Crippen LogP contribution in [0.25, 0.3) is 0 Å². The first-order valence-corrected chi connectivity index (χ1v) is 12.0. The number of nitrogens with one attached hydrogen (secondary N) is 2. The minimum absolute atomic E-state index is 0.00406. The van der Waals surface area contributed by atoms with Crippen LogP contribution in [-0.2, 0) is 30.3 Å². The first-order valence-electron chi connectivity index (χ1n) is 12.0. The molecule has 0 aliphatic carbocycles. The molecule has 0 aromatic carbocycles. The Kier molecular flexibility index (Phi) is 13.5. The van der Waals surface area contributed by atoms with E-state index in [0.717, 1.165) is 29.9 Å². The minimum Gasteiger partial charge on any atom is -0.465 e. The Bertz CT molecular complexity index is 953. The standard InChI is InChI=1S/C23H39N5O8/c1-5-35-20(31)15-28(19(30)14-27-11-9-18(29)26-21(27)32)17(16-34-12-8-6-7-10-24)13-25-22(33)36-23(2,3)4/h9,11,17H,5-8,10,12-16,24H2,1-4H3,(H,25,33)(H,26,29,32). The van der Waals surface area contributed by atoms with Crippen LogP contribution in [0.15, 0.2) is 21.9 Å². The van der Waals surface area contributed by atoms with E-state index in [4.69, 9.17) is 19.9 Å². The molecule has 0 bridgehead atoms. The van der Waals surface area contributed by atoms with E-state index >= 15 is 0 Å². The van der Waals surface area contributed by atoms with Gasteiger partial charge in [0.25, 0.3) is 5.56 Å². The second-order valence-corrected chi connectivity index (χ2v) is 9.03. The highest BCUT2D eigenvalue weighted by molar-refractivity contribution is 5.82. The number of aromatic nitrogens is 2. The van der Waals surface area contributed by atoms with Gasteiger partial charge in [-0.1, -0.05) is 0 Å². The fourth-order valence-electron chi connectivity index (χ4n) is 3.09. The first kappa shape index (κ1) is 30.8. The predicted molar refractivity (Wildman–Crippen MR) is 131 cm³/mol. The molecular weight excluding hydrogens is 474 g/mol. The maximum absolute atomic E-state index is 13.2. The van der Waals surface area contributed by atoms with E-state index in [2.05, 4.69) is 10.3 Å². The SMILES string of the molecule is CCOC(=O)CN(C(=O)Cn1ccc(=O)[nH]c1=O)C(CNC(=O)OC(C)(C)C)COCCCCCN. The minimum atomic E-state index is -0.776. The molecule has 0 fully saturated rings. The molecule has 1 heterocycles. The number of ether oxygens (including phenoxy) is 3. The summed E-state index contributed by atoms with van der Waals surface area (Å²) in [6.07, 6.45) is 2.97. The van der Waals surface area contributed by atoms with Crippen molar-refractivity contribution in [1.82, 2.24) is 19.8 Å². The fraction of sp³-hybridized carbons (Fsp3) is 0.696. The third-order valence-corrected chi connectivity index (χ3v) is 4.75. The third-order valence-electron chi connectivity index (χ3n) is 4.75. The number of carbonyl (C=O) groups excluding carboxylic acids is 3. The molecule has 0 radical (unpaired) electrons. The molecule has 1 atom stereocenters. The van der Waals surface area contributed by atoms with Gasteiger partial charge in [-0.15, -0.1) is 0 Å². The van der Waals surface area contributed by atoms with Gasteiger partial charge in [0, 0.05) is 25.4 Å². The van der Waals surface area contributed by atoms with E-state index in [1.807, 2.05) is 0 Å². The van der Waals surface area contributed by atoms with Crippen molar-refractivity contribution in [3.63, 3.8) is 0 Å². The van der Waals surface area contributed by atoms with Gasteiger partial charge in [-0.05, 0) is 53.5 Å². The van der Waals surface area contributed by atoms with E-state index in [1.54, 1.807) is 27.7 Å². The summed E-state index contributed by atoms with van der Waals surface area (Å²) in [6, 6.07) is 0.332. The van der Waals surface area contributed by atoms with Crippen molar-refractivity contribution in [2.24, 2.45) is 5.73 Å². The van der Waals surface area contributed by atoms with Gasteiger partial charge in [0.05, 0.1) is 19.3 Å². The molecule has 2 amide bonds. The van der Waals surface area contributed by atoms with Crippen LogP contribution in [0.2, 0.25) is 0 Å². The zero-order chi connectivity index (χ0) is 27.1. The summed E-state index contributed by atoms with van der Waals surface area (Å²) in [5.74, 6) is -1.27. The highest BCUT2D eigenvalue weighted by Crippen LogP contribution is 2.08. The quantitative estimate of drug-likeness (QED) is 0.215. The molecule has 13 heteroatoms. The summed E-state index contributed by atoms with van der Waals surface area (Å²) in [6.45, 7) is 6.91. The van der Waals surface area contributed by atoms with Crippen molar-refractivity contribution in [1.29, 1.82) is 0 Å². The van der Waals surface area contributed by atoms with Gasteiger partial charge < -0.3 is 30.2 Å². The maximum Gasteiger partial charge on any atom is 0.407 e. The highest BCUT2D eigenvalue weighted by atomic mass is 16.6. The second-order valence-electron chi connectivity index (χ2n) is 9.03. The van der Waals surface area contributed by atoms with Crippen LogP contribution in [-0.4, -0.2) is 83.5 Å². The fourth-order valence-corrected chi connectivity index (χ4v) is 3.09. The zero-order valence-electron chi connectivity index (χ0n) is 21.5. The lowest BCUT2D eigenvalue weighted by Gasteiger charge is -2.31. The number of carbonyl (C=O) groups is 3. The molecule has 1 rings (SSSR count). The number of hydrogen-bond acceptors (Lipinski definition) is 9. The monoisotopic (exact) mass is 513 g/mol. The van der Waals surface area contributed by atoms with E-state index in [0.29, 0.717) is 13.2 Å². The van der Waals surface area contributed by atoms with Gasteiger partial charge in [0.15, 0.2) is 0 Å². The number of hydrogen-bond donors (Lipinski definition) is 3. The Balaban J connectivity index is 3.09. The molecule has 0 saturated carbocycles. The Morgan fingerprint density at radius 3 is 2.53 bits per heavy atom. The Labute approximate surface area is 210 Å².